The third-order valence-corrected chi connectivity index (χ3v) is 5.33. The van der Waals surface area contributed by atoms with Crippen molar-refractivity contribution in [2.75, 3.05) is 26.2 Å². The van der Waals surface area contributed by atoms with Crippen LogP contribution < -0.4 is 10.6 Å². The van der Waals surface area contributed by atoms with Crippen molar-refractivity contribution in [2.24, 2.45) is 4.99 Å². The highest BCUT2D eigenvalue weighted by atomic mass is 15.3. The van der Waals surface area contributed by atoms with Gasteiger partial charge in [0.15, 0.2) is 5.96 Å². The van der Waals surface area contributed by atoms with Crippen molar-refractivity contribution in [1.29, 1.82) is 0 Å². The summed E-state index contributed by atoms with van der Waals surface area (Å²) in [7, 11) is 0. The molecule has 1 saturated heterocycles. The number of nitrogens with zero attached hydrogens (tertiary/aromatic N) is 5. The number of rotatable bonds is 9. The van der Waals surface area contributed by atoms with E-state index in [0.717, 1.165) is 76.7 Å². The standard InChI is InChI=1S/C22H35N7/c1-3-12-23-22(24-13-16-29-18-25-27-21(29)4-2)26-20-10-14-28(15-11-20)17-19-8-6-5-7-9-19/h5-9,18,20H,3-4,10-17H2,1-2H3,(H2,23,24,26). The maximum Gasteiger partial charge on any atom is 0.191 e. The molecule has 0 bridgehead atoms. The molecule has 0 aliphatic carbocycles. The summed E-state index contributed by atoms with van der Waals surface area (Å²) in [4.78, 5) is 7.27. The molecule has 0 spiro atoms. The fourth-order valence-corrected chi connectivity index (χ4v) is 3.68. The number of benzene rings is 1. The molecule has 2 N–H and O–H groups in total. The molecule has 1 aromatic heterocycles. The number of piperidine rings is 1. The number of hydrogen-bond acceptors (Lipinski definition) is 4. The first-order valence-electron chi connectivity index (χ1n) is 11.0. The first-order chi connectivity index (χ1) is 14.3. The fourth-order valence-electron chi connectivity index (χ4n) is 3.68. The monoisotopic (exact) mass is 397 g/mol. The minimum atomic E-state index is 0.478. The van der Waals surface area contributed by atoms with Crippen LogP contribution in [-0.4, -0.2) is 57.8 Å². The summed E-state index contributed by atoms with van der Waals surface area (Å²) in [6.07, 6.45) is 6.04. The van der Waals surface area contributed by atoms with Gasteiger partial charge in [-0.15, -0.1) is 10.2 Å². The Kier molecular flexibility index (Phi) is 8.49. The molecule has 0 saturated carbocycles. The van der Waals surface area contributed by atoms with E-state index in [2.05, 4.69) is 74.5 Å². The highest BCUT2D eigenvalue weighted by Gasteiger charge is 2.20. The van der Waals surface area contributed by atoms with E-state index >= 15 is 0 Å². The smallest absolute Gasteiger partial charge is 0.191 e. The summed E-state index contributed by atoms with van der Waals surface area (Å²) < 4.78 is 2.10. The number of aromatic nitrogens is 3. The average Bonchev–Trinajstić information content (AvgIpc) is 3.21. The molecule has 1 aliphatic rings. The molecule has 2 aromatic rings. The lowest BCUT2D eigenvalue weighted by Crippen LogP contribution is -2.49. The largest absolute Gasteiger partial charge is 0.355 e. The molecule has 0 amide bonds. The predicted molar refractivity (Wildman–Crippen MR) is 118 cm³/mol. The molecule has 1 aromatic carbocycles. The number of nitrogens with one attached hydrogen (secondary N) is 2. The SMILES string of the molecule is CCCN=C(NCCn1cnnc1CC)NC1CCN(Cc2ccccc2)CC1. The highest BCUT2D eigenvalue weighted by molar-refractivity contribution is 5.80. The molecule has 7 nitrogen and oxygen atoms in total. The van der Waals surface area contributed by atoms with Gasteiger partial charge in [-0.1, -0.05) is 44.2 Å². The van der Waals surface area contributed by atoms with Crippen molar-refractivity contribution in [1.82, 2.24) is 30.3 Å². The zero-order chi connectivity index (χ0) is 20.3. The summed E-state index contributed by atoms with van der Waals surface area (Å²) in [5.41, 5.74) is 1.39. The second kappa shape index (κ2) is 11.6. The van der Waals surface area contributed by atoms with Crippen LogP contribution in [0.1, 0.15) is 44.5 Å². The number of guanidine groups is 1. The number of aryl methyl sites for hydroxylation is 1. The lowest BCUT2D eigenvalue weighted by molar-refractivity contribution is 0.198. The van der Waals surface area contributed by atoms with Crippen LogP contribution in [0.4, 0.5) is 0 Å². The topological polar surface area (TPSA) is 70.4 Å². The zero-order valence-corrected chi connectivity index (χ0v) is 17.8. The van der Waals surface area contributed by atoms with E-state index in [9.17, 15) is 0 Å². The Bertz CT molecular complexity index is 733. The van der Waals surface area contributed by atoms with Gasteiger partial charge in [-0.2, -0.15) is 0 Å². The lowest BCUT2D eigenvalue weighted by atomic mass is 10.0. The van der Waals surface area contributed by atoms with Crippen LogP contribution in [-0.2, 0) is 19.5 Å². The van der Waals surface area contributed by atoms with Crippen molar-refractivity contribution in [3.63, 3.8) is 0 Å². The quantitative estimate of drug-likeness (QED) is 0.502. The summed E-state index contributed by atoms with van der Waals surface area (Å²) >= 11 is 0. The molecule has 0 radical (unpaired) electrons. The Balaban J connectivity index is 1.44. The van der Waals surface area contributed by atoms with Crippen molar-refractivity contribution in [3.05, 3.63) is 48.0 Å². The Morgan fingerprint density at radius 3 is 2.69 bits per heavy atom. The summed E-state index contributed by atoms with van der Waals surface area (Å²) in [6.45, 7) is 10.0. The van der Waals surface area contributed by atoms with E-state index in [1.807, 2.05) is 0 Å². The predicted octanol–water partition coefficient (Wildman–Crippen LogP) is 2.45. The second-order valence-corrected chi connectivity index (χ2v) is 7.63. The maximum absolute atomic E-state index is 4.72. The number of hydrogen-bond donors (Lipinski definition) is 2. The Morgan fingerprint density at radius 2 is 1.97 bits per heavy atom. The first kappa shape index (κ1) is 21.3. The summed E-state index contributed by atoms with van der Waals surface area (Å²) in [6, 6.07) is 11.2. The molecule has 158 valence electrons. The Labute approximate surface area is 174 Å². The minimum absolute atomic E-state index is 0.478. The summed E-state index contributed by atoms with van der Waals surface area (Å²) in [5, 5.41) is 15.3. The van der Waals surface area contributed by atoms with Crippen molar-refractivity contribution in [3.8, 4) is 0 Å². The van der Waals surface area contributed by atoms with Crippen LogP contribution in [0, 0.1) is 0 Å². The molecule has 29 heavy (non-hydrogen) atoms. The van der Waals surface area contributed by atoms with Gasteiger partial charge in [0.05, 0.1) is 0 Å². The second-order valence-electron chi connectivity index (χ2n) is 7.63. The minimum Gasteiger partial charge on any atom is -0.355 e. The van der Waals surface area contributed by atoms with Crippen LogP contribution in [0.3, 0.4) is 0 Å². The van der Waals surface area contributed by atoms with Gasteiger partial charge < -0.3 is 15.2 Å². The first-order valence-corrected chi connectivity index (χ1v) is 11.0. The lowest BCUT2D eigenvalue weighted by Gasteiger charge is -2.33. The van der Waals surface area contributed by atoms with E-state index < -0.39 is 0 Å². The van der Waals surface area contributed by atoms with E-state index in [1.54, 1.807) is 6.33 Å². The van der Waals surface area contributed by atoms with Gasteiger partial charge in [0.1, 0.15) is 12.2 Å². The average molecular weight is 398 g/mol. The maximum atomic E-state index is 4.72. The van der Waals surface area contributed by atoms with Gasteiger partial charge in [-0.05, 0) is 24.8 Å². The van der Waals surface area contributed by atoms with Gasteiger partial charge in [-0.25, -0.2) is 0 Å². The van der Waals surface area contributed by atoms with Gasteiger partial charge >= 0.3 is 0 Å². The van der Waals surface area contributed by atoms with Crippen LogP contribution in [0.25, 0.3) is 0 Å². The third-order valence-electron chi connectivity index (χ3n) is 5.33. The van der Waals surface area contributed by atoms with E-state index in [-0.39, 0.29) is 0 Å². The van der Waals surface area contributed by atoms with Gasteiger partial charge in [-0.3, -0.25) is 9.89 Å². The van der Waals surface area contributed by atoms with Crippen LogP contribution in [0.2, 0.25) is 0 Å². The van der Waals surface area contributed by atoms with Crippen molar-refractivity contribution < 1.29 is 0 Å². The molecular formula is C22H35N7. The fraction of sp³-hybridized carbons (Fsp3) is 0.591. The van der Waals surface area contributed by atoms with Crippen molar-refractivity contribution >= 4 is 5.96 Å². The molecule has 0 atom stereocenters. The number of likely N-dealkylation sites (tertiary alicyclic amines) is 1. The molecule has 1 fully saturated rings. The summed E-state index contributed by atoms with van der Waals surface area (Å²) in [5.74, 6) is 1.96. The normalized spacial score (nSPS) is 16.1. The Morgan fingerprint density at radius 1 is 1.17 bits per heavy atom. The third kappa shape index (κ3) is 6.85. The molecule has 1 aliphatic heterocycles. The van der Waals surface area contributed by atoms with Gasteiger partial charge in [0.25, 0.3) is 0 Å². The van der Waals surface area contributed by atoms with E-state index in [1.165, 1.54) is 5.56 Å². The number of aliphatic imine (C=N–C) groups is 1. The molecule has 7 heteroatoms. The van der Waals surface area contributed by atoms with E-state index in [4.69, 9.17) is 4.99 Å². The van der Waals surface area contributed by atoms with Crippen LogP contribution in [0.5, 0.6) is 0 Å². The highest BCUT2D eigenvalue weighted by Crippen LogP contribution is 2.13. The zero-order valence-electron chi connectivity index (χ0n) is 17.8. The van der Waals surface area contributed by atoms with Crippen LogP contribution in [0.15, 0.2) is 41.7 Å². The molecular weight excluding hydrogens is 362 g/mol. The molecule has 3 rings (SSSR count). The van der Waals surface area contributed by atoms with Crippen LogP contribution >= 0.6 is 0 Å². The van der Waals surface area contributed by atoms with Crippen molar-refractivity contribution in [2.45, 2.75) is 58.7 Å². The molecule has 0 unspecified atom stereocenters. The van der Waals surface area contributed by atoms with E-state index in [0.29, 0.717) is 6.04 Å². The van der Waals surface area contributed by atoms with Gasteiger partial charge in [0, 0.05) is 51.7 Å². The Hall–Kier alpha value is -2.41. The molecule has 2 heterocycles. The van der Waals surface area contributed by atoms with Gasteiger partial charge in [0.2, 0.25) is 0 Å².